The number of rotatable bonds is 5. The molecular formula is C21H22N2O3. The van der Waals surface area contributed by atoms with Crippen molar-refractivity contribution in [2.45, 2.75) is 38.7 Å². The standard InChI is InChI=1S/C21H22N2O3/c24-20(23-22-17-11-5-2-6-12-17)18-13-7-8-14-19(18)21(25)26-15-16-9-3-1-4-10-16/h1,3-4,7-10,13-14H,2,5-6,11-12,15H2,(H,23,24). The minimum atomic E-state index is -0.523. The molecule has 1 amide bonds. The van der Waals surface area contributed by atoms with Crippen LogP contribution in [0.15, 0.2) is 59.7 Å². The van der Waals surface area contributed by atoms with Gasteiger partial charge >= 0.3 is 5.97 Å². The maximum Gasteiger partial charge on any atom is 0.339 e. The van der Waals surface area contributed by atoms with E-state index in [4.69, 9.17) is 4.74 Å². The second-order valence-corrected chi connectivity index (χ2v) is 6.29. The summed E-state index contributed by atoms with van der Waals surface area (Å²) >= 11 is 0. The maximum atomic E-state index is 12.5. The summed E-state index contributed by atoms with van der Waals surface area (Å²) in [6.07, 6.45) is 5.26. The summed E-state index contributed by atoms with van der Waals surface area (Å²) in [5, 5.41) is 4.22. The Bertz CT molecular complexity index is 792. The van der Waals surface area contributed by atoms with Crippen LogP contribution in [0.3, 0.4) is 0 Å². The van der Waals surface area contributed by atoms with Gasteiger partial charge in [-0.2, -0.15) is 5.10 Å². The predicted octanol–water partition coefficient (Wildman–Crippen LogP) is 4.09. The van der Waals surface area contributed by atoms with Crippen LogP contribution < -0.4 is 5.43 Å². The Labute approximate surface area is 153 Å². The number of benzene rings is 2. The third kappa shape index (κ3) is 4.79. The molecule has 1 aliphatic rings. The minimum Gasteiger partial charge on any atom is -0.457 e. The molecule has 0 bridgehead atoms. The number of nitrogens with one attached hydrogen (secondary N) is 1. The maximum absolute atomic E-state index is 12.5. The van der Waals surface area contributed by atoms with E-state index in [0.717, 1.165) is 37.0 Å². The Balaban J connectivity index is 1.66. The molecule has 5 heteroatoms. The van der Waals surface area contributed by atoms with Gasteiger partial charge < -0.3 is 4.74 Å². The molecule has 0 aromatic heterocycles. The summed E-state index contributed by atoms with van der Waals surface area (Å²) < 4.78 is 5.34. The van der Waals surface area contributed by atoms with Crippen molar-refractivity contribution in [3.8, 4) is 0 Å². The molecular weight excluding hydrogens is 328 g/mol. The van der Waals surface area contributed by atoms with Gasteiger partial charge in [-0.3, -0.25) is 4.79 Å². The van der Waals surface area contributed by atoms with Crippen molar-refractivity contribution >= 4 is 17.6 Å². The average Bonchev–Trinajstić information content (AvgIpc) is 2.72. The second kappa shape index (κ2) is 8.94. The van der Waals surface area contributed by atoms with Crippen LogP contribution in [0, 0.1) is 0 Å². The van der Waals surface area contributed by atoms with Crippen molar-refractivity contribution in [3.05, 3.63) is 71.3 Å². The second-order valence-electron chi connectivity index (χ2n) is 6.29. The van der Waals surface area contributed by atoms with Gasteiger partial charge in [0.15, 0.2) is 0 Å². The molecule has 3 rings (SSSR count). The fourth-order valence-corrected chi connectivity index (χ4v) is 2.92. The quantitative estimate of drug-likeness (QED) is 0.652. The number of carbonyl (C=O) groups excluding carboxylic acids is 2. The number of nitrogens with zero attached hydrogens (tertiary/aromatic N) is 1. The fraction of sp³-hybridized carbons (Fsp3) is 0.286. The largest absolute Gasteiger partial charge is 0.457 e. The van der Waals surface area contributed by atoms with E-state index in [1.165, 1.54) is 6.42 Å². The molecule has 0 radical (unpaired) electrons. The highest BCUT2D eigenvalue weighted by Gasteiger charge is 2.18. The van der Waals surface area contributed by atoms with Gasteiger partial charge in [-0.15, -0.1) is 0 Å². The summed E-state index contributed by atoms with van der Waals surface area (Å²) in [7, 11) is 0. The molecule has 1 N–H and O–H groups in total. The van der Waals surface area contributed by atoms with Crippen molar-refractivity contribution in [3.63, 3.8) is 0 Å². The monoisotopic (exact) mass is 350 g/mol. The lowest BCUT2D eigenvalue weighted by molar-refractivity contribution is 0.0469. The normalized spacial score (nSPS) is 13.8. The molecule has 1 saturated carbocycles. The number of hydrogen-bond acceptors (Lipinski definition) is 4. The fourth-order valence-electron chi connectivity index (χ4n) is 2.92. The van der Waals surface area contributed by atoms with Crippen molar-refractivity contribution in [1.29, 1.82) is 0 Å². The van der Waals surface area contributed by atoms with Crippen LogP contribution in [-0.4, -0.2) is 17.6 Å². The molecule has 1 aliphatic carbocycles. The van der Waals surface area contributed by atoms with Crippen LogP contribution in [0.25, 0.3) is 0 Å². The van der Waals surface area contributed by atoms with Crippen LogP contribution in [0.4, 0.5) is 0 Å². The number of carbonyl (C=O) groups is 2. The zero-order valence-electron chi connectivity index (χ0n) is 14.6. The highest BCUT2D eigenvalue weighted by atomic mass is 16.5. The van der Waals surface area contributed by atoms with E-state index in [1.54, 1.807) is 24.3 Å². The molecule has 0 heterocycles. The predicted molar refractivity (Wildman–Crippen MR) is 100.0 cm³/mol. The molecule has 0 saturated heterocycles. The average molecular weight is 350 g/mol. The van der Waals surface area contributed by atoms with Gasteiger partial charge in [-0.1, -0.05) is 48.9 Å². The van der Waals surface area contributed by atoms with Crippen LogP contribution >= 0.6 is 0 Å². The molecule has 0 unspecified atom stereocenters. The lowest BCUT2D eigenvalue weighted by atomic mass is 9.99. The lowest BCUT2D eigenvalue weighted by Crippen LogP contribution is -2.23. The smallest absolute Gasteiger partial charge is 0.339 e. The van der Waals surface area contributed by atoms with E-state index in [9.17, 15) is 9.59 Å². The summed E-state index contributed by atoms with van der Waals surface area (Å²) in [6, 6.07) is 16.1. The van der Waals surface area contributed by atoms with E-state index in [1.807, 2.05) is 30.3 Å². The zero-order valence-corrected chi connectivity index (χ0v) is 14.6. The van der Waals surface area contributed by atoms with Gasteiger partial charge in [0.2, 0.25) is 0 Å². The van der Waals surface area contributed by atoms with Crippen LogP contribution in [0.5, 0.6) is 0 Å². The molecule has 26 heavy (non-hydrogen) atoms. The highest BCUT2D eigenvalue weighted by molar-refractivity contribution is 6.05. The van der Waals surface area contributed by atoms with Crippen LogP contribution in [0.2, 0.25) is 0 Å². The Morgan fingerprint density at radius 3 is 2.27 bits per heavy atom. The van der Waals surface area contributed by atoms with Gasteiger partial charge in [0.05, 0.1) is 11.1 Å². The molecule has 0 atom stereocenters. The summed E-state index contributed by atoms with van der Waals surface area (Å²) in [6.45, 7) is 0.165. The Morgan fingerprint density at radius 2 is 1.54 bits per heavy atom. The highest BCUT2D eigenvalue weighted by Crippen LogP contribution is 2.15. The Hall–Kier alpha value is -2.95. The van der Waals surface area contributed by atoms with Gasteiger partial charge in [-0.05, 0) is 43.4 Å². The third-order valence-electron chi connectivity index (χ3n) is 4.35. The summed E-state index contributed by atoms with van der Waals surface area (Å²) in [5.41, 5.74) is 4.99. The summed E-state index contributed by atoms with van der Waals surface area (Å²) in [5.74, 6) is -0.916. The van der Waals surface area contributed by atoms with Crippen LogP contribution in [0.1, 0.15) is 58.4 Å². The molecule has 134 valence electrons. The van der Waals surface area contributed by atoms with E-state index < -0.39 is 11.9 Å². The van der Waals surface area contributed by atoms with E-state index in [-0.39, 0.29) is 17.7 Å². The lowest BCUT2D eigenvalue weighted by Gasteiger charge is -2.13. The van der Waals surface area contributed by atoms with E-state index in [0.29, 0.717) is 0 Å². The molecule has 2 aromatic rings. The SMILES string of the molecule is O=C(NN=C1CCCCC1)c1ccccc1C(=O)OCc1ccccc1. The molecule has 0 aliphatic heterocycles. The number of amides is 1. The Kier molecular flexibility index (Phi) is 6.14. The minimum absolute atomic E-state index is 0.165. The first-order chi connectivity index (χ1) is 12.7. The Morgan fingerprint density at radius 1 is 0.885 bits per heavy atom. The number of ether oxygens (including phenoxy) is 1. The third-order valence-corrected chi connectivity index (χ3v) is 4.35. The van der Waals surface area contributed by atoms with Gasteiger partial charge in [0.25, 0.3) is 5.91 Å². The zero-order chi connectivity index (χ0) is 18.2. The first-order valence-corrected chi connectivity index (χ1v) is 8.90. The van der Waals surface area contributed by atoms with Gasteiger partial charge in [-0.25, -0.2) is 10.2 Å². The molecule has 1 fully saturated rings. The topological polar surface area (TPSA) is 67.8 Å². The van der Waals surface area contributed by atoms with Crippen molar-refractivity contribution in [1.82, 2.24) is 5.43 Å². The van der Waals surface area contributed by atoms with E-state index in [2.05, 4.69) is 10.5 Å². The van der Waals surface area contributed by atoms with Gasteiger partial charge in [0.1, 0.15) is 6.61 Å². The number of esters is 1. The first kappa shape index (κ1) is 17.9. The van der Waals surface area contributed by atoms with Crippen molar-refractivity contribution in [2.24, 2.45) is 5.10 Å². The molecule has 0 spiro atoms. The number of hydrazone groups is 1. The van der Waals surface area contributed by atoms with Crippen LogP contribution in [-0.2, 0) is 11.3 Å². The molecule has 5 nitrogen and oxygen atoms in total. The first-order valence-electron chi connectivity index (χ1n) is 8.90. The van der Waals surface area contributed by atoms with Crippen molar-refractivity contribution in [2.75, 3.05) is 0 Å². The molecule has 2 aromatic carbocycles. The van der Waals surface area contributed by atoms with E-state index >= 15 is 0 Å². The number of hydrogen-bond donors (Lipinski definition) is 1. The van der Waals surface area contributed by atoms with Crippen molar-refractivity contribution < 1.29 is 14.3 Å². The summed E-state index contributed by atoms with van der Waals surface area (Å²) in [4.78, 5) is 24.9. The van der Waals surface area contributed by atoms with Gasteiger partial charge in [0, 0.05) is 5.71 Å².